The average Bonchev–Trinajstić information content (AvgIpc) is 2.32. The summed E-state index contributed by atoms with van der Waals surface area (Å²) in [6.07, 6.45) is 3.83. The number of likely N-dealkylation sites (tertiary alicyclic amines) is 1. The molecule has 1 aliphatic heterocycles. The maximum absolute atomic E-state index is 11.4. The first-order chi connectivity index (χ1) is 8.08. The Kier molecular flexibility index (Phi) is 3.26. The van der Waals surface area contributed by atoms with Crippen molar-refractivity contribution in [3.63, 3.8) is 0 Å². The van der Waals surface area contributed by atoms with Crippen LogP contribution in [0.3, 0.4) is 0 Å². The van der Waals surface area contributed by atoms with Crippen molar-refractivity contribution in [1.29, 1.82) is 0 Å². The Hall–Kier alpha value is -1.65. The zero-order valence-electron chi connectivity index (χ0n) is 10.3. The summed E-state index contributed by atoms with van der Waals surface area (Å²) in [5.41, 5.74) is 7.67. The van der Waals surface area contributed by atoms with Crippen LogP contribution in [0.5, 0.6) is 0 Å². The number of amides is 1. The van der Waals surface area contributed by atoms with E-state index < -0.39 is 0 Å². The maximum Gasteiger partial charge on any atom is 0.220 e. The van der Waals surface area contributed by atoms with E-state index in [4.69, 9.17) is 5.73 Å². The van der Waals surface area contributed by atoms with Crippen LogP contribution in [-0.2, 0) is 4.79 Å². The normalized spacial score (nSPS) is 20.4. The van der Waals surface area contributed by atoms with Crippen molar-refractivity contribution in [2.75, 3.05) is 18.8 Å². The van der Waals surface area contributed by atoms with Gasteiger partial charge < -0.3 is 10.6 Å². The van der Waals surface area contributed by atoms with E-state index >= 15 is 0 Å². The Bertz CT molecular complexity index is 433. The molecule has 0 aromatic carbocycles. The second kappa shape index (κ2) is 4.69. The van der Waals surface area contributed by atoms with Crippen molar-refractivity contribution in [2.45, 2.75) is 32.6 Å². The number of aromatic nitrogens is 2. The third-order valence-corrected chi connectivity index (χ3v) is 3.28. The molecule has 1 amide bonds. The minimum atomic E-state index is 0.134. The molecule has 92 valence electrons. The molecule has 1 atom stereocenters. The Morgan fingerprint density at radius 2 is 2.35 bits per heavy atom. The van der Waals surface area contributed by atoms with Crippen molar-refractivity contribution in [3.05, 3.63) is 17.5 Å². The van der Waals surface area contributed by atoms with Gasteiger partial charge in [0.25, 0.3) is 0 Å². The van der Waals surface area contributed by atoms with Gasteiger partial charge in [0.15, 0.2) is 0 Å². The van der Waals surface area contributed by atoms with Gasteiger partial charge >= 0.3 is 0 Å². The van der Waals surface area contributed by atoms with Gasteiger partial charge in [-0.15, -0.1) is 0 Å². The number of aryl methyl sites for hydroxylation is 1. The van der Waals surface area contributed by atoms with Crippen LogP contribution in [0.4, 0.5) is 5.95 Å². The Morgan fingerprint density at radius 1 is 1.59 bits per heavy atom. The first kappa shape index (κ1) is 11.8. The summed E-state index contributed by atoms with van der Waals surface area (Å²) in [7, 11) is 0. The fourth-order valence-corrected chi connectivity index (χ4v) is 2.37. The zero-order valence-corrected chi connectivity index (χ0v) is 10.3. The summed E-state index contributed by atoms with van der Waals surface area (Å²) >= 11 is 0. The molecule has 1 fully saturated rings. The molecule has 17 heavy (non-hydrogen) atoms. The lowest BCUT2D eigenvalue weighted by Crippen LogP contribution is -2.38. The molecule has 0 aliphatic carbocycles. The molecule has 0 spiro atoms. The van der Waals surface area contributed by atoms with E-state index in [-0.39, 0.29) is 11.8 Å². The molecule has 1 saturated heterocycles. The minimum Gasteiger partial charge on any atom is -0.368 e. The van der Waals surface area contributed by atoms with Crippen LogP contribution in [0, 0.1) is 6.92 Å². The molecular formula is C12H18N4O. The lowest BCUT2D eigenvalue weighted by molar-refractivity contribution is -0.130. The summed E-state index contributed by atoms with van der Waals surface area (Å²) in [5, 5.41) is 0. The van der Waals surface area contributed by atoms with Gasteiger partial charge in [-0.3, -0.25) is 4.79 Å². The van der Waals surface area contributed by atoms with Crippen molar-refractivity contribution >= 4 is 11.9 Å². The topological polar surface area (TPSA) is 72.1 Å². The molecule has 2 rings (SSSR count). The third-order valence-electron chi connectivity index (χ3n) is 3.28. The van der Waals surface area contributed by atoms with E-state index in [2.05, 4.69) is 9.97 Å². The van der Waals surface area contributed by atoms with Gasteiger partial charge in [0.05, 0.1) is 5.69 Å². The standard InChI is InChI=1S/C12H18N4O/c1-8-6-14-12(13)15-11(8)10-4-3-5-16(7-10)9(2)17/h6,10H,3-5,7H2,1-2H3,(H2,13,14,15)/t10-/m0/s1. The highest BCUT2D eigenvalue weighted by Gasteiger charge is 2.25. The van der Waals surface area contributed by atoms with E-state index in [1.807, 2.05) is 11.8 Å². The highest BCUT2D eigenvalue weighted by atomic mass is 16.2. The van der Waals surface area contributed by atoms with Gasteiger partial charge in [0, 0.05) is 32.1 Å². The van der Waals surface area contributed by atoms with Crippen LogP contribution < -0.4 is 5.73 Å². The average molecular weight is 234 g/mol. The van der Waals surface area contributed by atoms with Crippen LogP contribution in [0.1, 0.15) is 36.9 Å². The van der Waals surface area contributed by atoms with Crippen molar-refractivity contribution < 1.29 is 4.79 Å². The quantitative estimate of drug-likeness (QED) is 0.789. The molecular weight excluding hydrogens is 216 g/mol. The molecule has 0 bridgehead atoms. The van der Waals surface area contributed by atoms with E-state index in [9.17, 15) is 4.79 Å². The number of nitrogens with two attached hydrogens (primary N) is 1. The Balaban J connectivity index is 2.21. The van der Waals surface area contributed by atoms with Gasteiger partial charge in [-0.1, -0.05) is 0 Å². The molecule has 1 aliphatic rings. The monoisotopic (exact) mass is 234 g/mol. The zero-order chi connectivity index (χ0) is 12.4. The second-order valence-corrected chi connectivity index (χ2v) is 4.60. The number of hydrogen-bond donors (Lipinski definition) is 1. The molecule has 5 nitrogen and oxygen atoms in total. The summed E-state index contributed by atoms with van der Waals surface area (Å²) in [6, 6.07) is 0. The summed E-state index contributed by atoms with van der Waals surface area (Å²) in [6.45, 7) is 5.20. The predicted molar refractivity (Wildman–Crippen MR) is 65.4 cm³/mol. The van der Waals surface area contributed by atoms with E-state index in [0.717, 1.165) is 37.2 Å². The SMILES string of the molecule is CC(=O)N1CCC[C@H](c2nc(N)ncc2C)C1. The van der Waals surface area contributed by atoms with Crippen LogP contribution >= 0.6 is 0 Å². The summed E-state index contributed by atoms with van der Waals surface area (Å²) in [5.74, 6) is 0.734. The van der Waals surface area contributed by atoms with Gasteiger partial charge in [0.2, 0.25) is 11.9 Å². The van der Waals surface area contributed by atoms with Crippen molar-refractivity contribution in [2.24, 2.45) is 0 Å². The molecule has 1 aromatic heterocycles. The lowest BCUT2D eigenvalue weighted by atomic mass is 9.92. The molecule has 0 radical (unpaired) electrons. The summed E-state index contributed by atoms with van der Waals surface area (Å²) in [4.78, 5) is 21.6. The first-order valence-corrected chi connectivity index (χ1v) is 5.92. The van der Waals surface area contributed by atoms with Crippen LogP contribution in [-0.4, -0.2) is 33.9 Å². The van der Waals surface area contributed by atoms with Gasteiger partial charge in [-0.2, -0.15) is 0 Å². The molecule has 0 unspecified atom stereocenters. The van der Waals surface area contributed by atoms with Crippen LogP contribution in [0.15, 0.2) is 6.20 Å². The number of piperidine rings is 1. The maximum atomic E-state index is 11.4. The van der Waals surface area contributed by atoms with Gasteiger partial charge in [0.1, 0.15) is 0 Å². The smallest absolute Gasteiger partial charge is 0.220 e. The number of nitrogen functional groups attached to an aromatic ring is 1. The highest BCUT2D eigenvalue weighted by Crippen LogP contribution is 2.27. The molecule has 2 N–H and O–H groups in total. The van der Waals surface area contributed by atoms with E-state index in [1.165, 1.54) is 0 Å². The first-order valence-electron chi connectivity index (χ1n) is 5.92. The van der Waals surface area contributed by atoms with Crippen LogP contribution in [0.25, 0.3) is 0 Å². The fourth-order valence-electron chi connectivity index (χ4n) is 2.37. The minimum absolute atomic E-state index is 0.134. The second-order valence-electron chi connectivity index (χ2n) is 4.60. The number of rotatable bonds is 1. The van der Waals surface area contributed by atoms with Crippen molar-refractivity contribution in [3.8, 4) is 0 Å². The Labute approximate surface area is 101 Å². The van der Waals surface area contributed by atoms with Crippen molar-refractivity contribution in [1.82, 2.24) is 14.9 Å². The molecule has 5 heteroatoms. The van der Waals surface area contributed by atoms with E-state index in [0.29, 0.717) is 5.95 Å². The number of carbonyl (C=O) groups excluding carboxylic acids is 1. The van der Waals surface area contributed by atoms with E-state index in [1.54, 1.807) is 13.1 Å². The Morgan fingerprint density at radius 3 is 3.06 bits per heavy atom. The fraction of sp³-hybridized carbons (Fsp3) is 0.583. The van der Waals surface area contributed by atoms with Gasteiger partial charge in [-0.05, 0) is 25.3 Å². The van der Waals surface area contributed by atoms with Gasteiger partial charge in [-0.25, -0.2) is 9.97 Å². The summed E-state index contributed by atoms with van der Waals surface area (Å²) < 4.78 is 0. The number of nitrogens with zero attached hydrogens (tertiary/aromatic N) is 3. The number of hydrogen-bond acceptors (Lipinski definition) is 4. The highest BCUT2D eigenvalue weighted by molar-refractivity contribution is 5.73. The number of anilines is 1. The lowest BCUT2D eigenvalue weighted by Gasteiger charge is -2.32. The largest absolute Gasteiger partial charge is 0.368 e. The molecule has 1 aromatic rings. The predicted octanol–water partition coefficient (Wildman–Crippen LogP) is 1.09. The van der Waals surface area contributed by atoms with Crippen LogP contribution in [0.2, 0.25) is 0 Å². The molecule has 0 saturated carbocycles. The third kappa shape index (κ3) is 2.54. The molecule has 2 heterocycles. The number of carbonyl (C=O) groups is 1.